The fourth-order valence-corrected chi connectivity index (χ4v) is 3.31. The quantitative estimate of drug-likeness (QED) is 0.899. The Bertz CT molecular complexity index is 787. The van der Waals surface area contributed by atoms with Crippen LogP contribution in [0.2, 0.25) is 5.02 Å². The lowest BCUT2D eigenvalue weighted by molar-refractivity contribution is 0.0956. The molecule has 0 saturated carbocycles. The van der Waals surface area contributed by atoms with E-state index in [4.69, 9.17) is 11.6 Å². The maximum atomic E-state index is 12.6. The van der Waals surface area contributed by atoms with Crippen LogP contribution in [0.4, 0.5) is 5.69 Å². The van der Waals surface area contributed by atoms with Crippen LogP contribution in [-0.2, 0) is 10.0 Å². The standard InChI is InChI=1S/C16H17ClN2O3S/c1-3-18-16(20)12-4-8-14(9-5-12)19(2)23(21,22)15-10-6-13(17)7-11-15/h4-11H,3H2,1-2H3,(H,18,20). The number of benzene rings is 2. The second kappa shape index (κ2) is 7.02. The van der Waals surface area contributed by atoms with E-state index in [1.165, 1.54) is 31.3 Å². The van der Waals surface area contributed by atoms with Gasteiger partial charge in [-0.25, -0.2) is 8.42 Å². The van der Waals surface area contributed by atoms with Gasteiger partial charge in [-0.2, -0.15) is 0 Å². The largest absolute Gasteiger partial charge is 0.352 e. The van der Waals surface area contributed by atoms with Crippen molar-refractivity contribution in [3.8, 4) is 0 Å². The molecule has 2 aromatic rings. The number of hydrogen-bond acceptors (Lipinski definition) is 3. The summed E-state index contributed by atoms with van der Waals surface area (Å²) in [6, 6.07) is 12.3. The Morgan fingerprint density at radius 2 is 1.65 bits per heavy atom. The first-order valence-corrected chi connectivity index (χ1v) is 8.81. The first kappa shape index (κ1) is 17.3. The molecule has 0 spiro atoms. The Morgan fingerprint density at radius 1 is 1.09 bits per heavy atom. The maximum absolute atomic E-state index is 12.6. The summed E-state index contributed by atoms with van der Waals surface area (Å²) in [7, 11) is -2.21. The van der Waals surface area contributed by atoms with Crippen molar-refractivity contribution < 1.29 is 13.2 Å². The molecule has 1 amide bonds. The van der Waals surface area contributed by atoms with Crippen molar-refractivity contribution in [2.24, 2.45) is 0 Å². The monoisotopic (exact) mass is 352 g/mol. The summed E-state index contributed by atoms with van der Waals surface area (Å²) in [6.07, 6.45) is 0. The van der Waals surface area contributed by atoms with Crippen LogP contribution in [0, 0.1) is 0 Å². The second-order valence-electron chi connectivity index (χ2n) is 4.83. The van der Waals surface area contributed by atoms with E-state index >= 15 is 0 Å². The summed E-state index contributed by atoms with van der Waals surface area (Å²) < 4.78 is 26.3. The molecule has 0 aromatic heterocycles. The highest BCUT2D eigenvalue weighted by atomic mass is 35.5. The van der Waals surface area contributed by atoms with Crippen molar-refractivity contribution in [3.05, 3.63) is 59.1 Å². The number of nitrogens with one attached hydrogen (secondary N) is 1. The van der Waals surface area contributed by atoms with E-state index in [9.17, 15) is 13.2 Å². The molecule has 2 rings (SSSR count). The number of carbonyl (C=O) groups excluding carboxylic acids is 1. The summed E-state index contributed by atoms with van der Waals surface area (Å²) in [4.78, 5) is 11.9. The van der Waals surface area contributed by atoms with Crippen molar-refractivity contribution >= 4 is 33.2 Å². The summed E-state index contributed by atoms with van der Waals surface area (Å²) in [6.45, 7) is 2.37. The Labute approximate surface area is 140 Å². The van der Waals surface area contributed by atoms with E-state index in [2.05, 4.69) is 5.32 Å². The lowest BCUT2D eigenvalue weighted by Crippen LogP contribution is -2.27. The third-order valence-corrected chi connectivity index (χ3v) is 5.35. The molecule has 7 heteroatoms. The Balaban J connectivity index is 2.27. The minimum Gasteiger partial charge on any atom is -0.352 e. The highest BCUT2D eigenvalue weighted by molar-refractivity contribution is 7.92. The van der Waals surface area contributed by atoms with Crippen LogP contribution < -0.4 is 9.62 Å². The zero-order valence-electron chi connectivity index (χ0n) is 12.8. The summed E-state index contributed by atoms with van der Waals surface area (Å²) in [5.74, 6) is -0.192. The van der Waals surface area contributed by atoms with Gasteiger partial charge in [0.25, 0.3) is 15.9 Å². The van der Waals surface area contributed by atoms with Gasteiger partial charge in [0.1, 0.15) is 0 Å². The van der Waals surface area contributed by atoms with Crippen molar-refractivity contribution in [2.45, 2.75) is 11.8 Å². The van der Waals surface area contributed by atoms with Gasteiger partial charge < -0.3 is 5.32 Å². The first-order valence-electron chi connectivity index (χ1n) is 6.99. The van der Waals surface area contributed by atoms with Gasteiger partial charge in [0, 0.05) is 24.2 Å². The van der Waals surface area contributed by atoms with E-state index in [0.717, 1.165) is 4.31 Å². The van der Waals surface area contributed by atoms with Crippen molar-refractivity contribution in [1.82, 2.24) is 5.32 Å². The van der Waals surface area contributed by atoms with Gasteiger partial charge in [-0.1, -0.05) is 11.6 Å². The molecular formula is C16H17ClN2O3S. The third kappa shape index (κ3) is 3.83. The number of amides is 1. The lowest BCUT2D eigenvalue weighted by atomic mass is 10.2. The van der Waals surface area contributed by atoms with Gasteiger partial charge in [-0.05, 0) is 55.5 Å². The molecule has 0 heterocycles. The minimum atomic E-state index is -3.68. The van der Waals surface area contributed by atoms with Gasteiger partial charge in [0.15, 0.2) is 0 Å². The van der Waals surface area contributed by atoms with Crippen LogP contribution in [0.3, 0.4) is 0 Å². The number of carbonyl (C=O) groups is 1. The van der Waals surface area contributed by atoms with E-state index in [1.807, 2.05) is 6.92 Å². The third-order valence-electron chi connectivity index (χ3n) is 3.30. The fraction of sp³-hybridized carbons (Fsp3) is 0.188. The predicted octanol–water partition coefficient (Wildman–Crippen LogP) is 2.91. The van der Waals surface area contributed by atoms with E-state index < -0.39 is 10.0 Å². The summed E-state index contributed by atoms with van der Waals surface area (Å²) in [5, 5.41) is 3.16. The number of halogens is 1. The average Bonchev–Trinajstić information content (AvgIpc) is 2.55. The highest BCUT2D eigenvalue weighted by Crippen LogP contribution is 2.23. The zero-order chi connectivity index (χ0) is 17.0. The van der Waals surface area contributed by atoms with Crippen molar-refractivity contribution in [2.75, 3.05) is 17.9 Å². The normalized spacial score (nSPS) is 11.1. The molecule has 1 N–H and O–H groups in total. The summed E-state index contributed by atoms with van der Waals surface area (Å²) >= 11 is 5.78. The van der Waals surface area contributed by atoms with Crippen LogP contribution in [0.5, 0.6) is 0 Å². The first-order chi connectivity index (χ1) is 10.9. The molecule has 0 atom stereocenters. The van der Waals surface area contributed by atoms with Crippen LogP contribution in [0.25, 0.3) is 0 Å². The SMILES string of the molecule is CCNC(=O)c1ccc(N(C)S(=O)(=O)c2ccc(Cl)cc2)cc1. The Morgan fingerprint density at radius 3 is 2.17 bits per heavy atom. The van der Waals surface area contributed by atoms with Gasteiger partial charge in [0.05, 0.1) is 10.6 Å². The molecule has 0 bridgehead atoms. The minimum absolute atomic E-state index is 0.150. The smallest absolute Gasteiger partial charge is 0.264 e. The van der Waals surface area contributed by atoms with Gasteiger partial charge >= 0.3 is 0 Å². The van der Waals surface area contributed by atoms with E-state index in [1.54, 1.807) is 24.3 Å². The Kier molecular flexibility index (Phi) is 5.28. The summed E-state index contributed by atoms with van der Waals surface area (Å²) in [5.41, 5.74) is 0.945. The molecular weight excluding hydrogens is 336 g/mol. The molecule has 0 aliphatic heterocycles. The number of hydrogen-bond donors (Lipinski definition) is 1. The van der Waals surface area contributed by atoms with Crippen LogP contribution in [0.15, 0.2) is 53.4 Å². The van der Waals surface area contributed by atoms with Gasteiger partial charge in [-0.3, -0.25) is 9.10 Å². The maximum Gasteiger partial charge on any atom is 0.264 e. The predicted molar refractivity (Wildman–Crippen MR) is 91.5 cm³/mol. The fourth-order valence-electron chi connectivity index (χ4n) is 1.99. The van der Waals surface area contributed by atoms with Gasteiger partial charge in [0.2, 0.25) is 0 Å². The molecule has 5 nitrogen and oxygen atoms in total. The van der Waals surface area contributed by atoms with E-state index in [-0.39, 0.29) is 10.8 Å². The van der Waals surface area contributed by atoms with E-state index in [0.29, 0.717) is 22.8 Å². The highest BCUT2D eigenvalue weighted by Gasteiger charge is 2.21. The van der Waals surface area contributed by atoms with Crippen LogP contribution in [-0.4, -0.2) is 27.9 Å². The van der Waals surface area contributed by atoms with Crippen LogP contribution in [0.1, 0.15) is 17.3 Å². The molecule has 0 radical (unpaired) electrons. The second-order valence-corrected chi connectivity index (χ2v) is 7.24. The molecule has 2 aromatic carbocycles. The molecule has 122 valence electrons. The Hall–Kier alpha value is -2.05. The zero-order valence-corrected chi connectivity index (χ0v) is 14.4. The molecule has 0 unspecified atom stereocenters. The topological polar surface area (TPSA) is 66.5 Å². The molecule has 0 saturated heterocycles. The van der Waals surface area contributed by atoms with Crippen LogP contribution >= 0.6 is 11.6 Å². The number of rotatable bonds is 5. The molecule has 23 heavy (non-hydrogen) atoms. The number of sulfonamides is 1. The van der Waals surface area contributed by atoms with Gasteiger partial charge in [-0.15, -0.1) is 0 Å². The van der Waals surface area contributed by atoms with Crippen molar-refractivity contribution in [1.29, 1.82) is 0 Å². The molecule has 0 fully saturated rings. The molecule has 0 aliphatic rings. The number of nitrogens with zero attached hydrogens (tertiary/aromatic N) is 1. The van der Waals surface area contributed by atoms with Crippen molar-refractivity contribution in [3.63, 3.8) is 0 Å². The molecule has 0 aliphatic carbocycles. The number of anilines is 1. The average molecular weight is 353 g/mol. The lowest BCUT2D eigenvalue weighted by Gasteiger charge is -2.19.